The molecule has 2 aliphatic heterocycles. The third-order valence-electron chi connectivity index (χ3n) is 3.77. The first-order valence-corrected chi connectivity index (χ1v) is 6.87. The minimum absolute atomic E-state index is 0.636. The Morgan fingerprint density at radius 2 is 2.06 bits per heavy atom. The average molecular weight is 268 g/mol. The molecule has 1 aromatic rings. The number of halogens is 2. The van der Waals surface area contributed by atoms with Crippen LogP contribution in [0.1, 0.15) is 18.4 Å². The summed E-state index contributed by atoms with van der Waals surface area (Å²) in [7, 11) is 0. The molecule has 3 heteroatoms. The normalized spacial score (nSPS) is 27.8. The molecule has 2 unspecified atom stereocenters. The van der Waals surface area contributed by atoms with E-state index in [1.165, 1.54) is 37.1 Å². The van der Waals surface area contributed by atoms with Crippen molar-refractivity contribution in [2.24, 2.45) is 5.92 Å². The van der Waals surface area contributed by atoms with E-state index in [1.807, 2.05) is 12.1 Å². The van der Waals surface area contributed by atoms with Gasteiger partial charge in [0.2, 0.25) is 0 Å². The van der Waals surface area contributed by atoms with E-state index in [2.05, 4.69) is 17.0 Å². The summed E-state index contributed by atoms with van der Waals surface area (Å²) in [5, 5.41) is 1.29. The van der Waals surface area contributed by atoms with Gasteiger partial charge in [-0.3, -0.25) is 4.90 Å². The second-order valence-corrected chi connectivity index (χ2v) is 5.70. The third-order valence-corrected chi connectivity index (χ3v) is 4.51. The largest absolute Gasteiger partial charge is 0.299 e. The molecule has 0 N–H and O–H groups in total. The average Bonchev–Trinajstić information content (AvgIpc) is 2.34. The molecule has 0 radical (unpaired) electrons. The summed E-state index contributed by atoms with van der Waals surface area (Å²) in [6.07, 6.45) is 4.96. The molecular weight excluding hydrogens is 253 g/mol. The Labute approximate surface area is 112 Å². The molecule has 1 saturated heterocycles. The summed E-state index contributed by atoms with van der Waals surface area (Å²) in [5.41, 5.74) is 2.70. The van der Waals surface area contributed by atoms with Crippen LogP contribution in [0.4, 0.5) is 0 Å². The lowest BCUT2D eigenvalue weighted by Gasteiger charge is -2.37. The smallest absolute Gasteiger partial charge is 0.0598 e. The van der Waals surface area contributed by atoms with E-state index in [4.69, 9.17) is 23.2 Å². The zero-order chi connectivity index (χ0) is 11.8. The molecule has 2 atom stereocenters. The fraction of sp³-hybridized carbons (Fsp3) is 0.429. The van der Waals surface area contributed by atoms with Crippen LogP contribution in [0.15, 0.2) is 24.3 Å². The van der Waals surface area contributed by atoms with Gasteiger partial charge in [-0.05, 0) is 48.6 Å². The Kier molecular flexibility index (Phi) is 3.16. The molecule has 1 fully saturated rings. The van der Waals surface area contributed by atoms with E-state index < -0.39 is 0 Å². The molecule has 1 nitrogen and oxygen atoms in total. The molecule has 2 bridgehead atoms. The predicted octanol–water partition coefficient (Wildman–Crippen LogP) is 4.10. The summed E-state index contributed by atoms with van der Waals surface area (Å²) in [6, 6.07) is 5.99. The van der Waals surface area contributed by atoms with E-state index in [0.717, 1.165) is 6.54 Å². The Morgan fingerprint density at radius 3 is 2.88 bits per heavy atom. The highest BCUT2D eigenvalue weighted by Gasteiger charge is 2.27. The molecule has 1 aromatic carbocycles. The van der Waals surface area contributed by atoms with Gasteiger partial charge in [0.25, 0.3) is 0 Å². The van der Waals surface area contributed by atoms with Gasteiger partial charge in [-0.2, -0.15) is 0 Å². The number of piperidine rings is 1. The highest BCUT2D eigenvalue weighted by molar-refractivity contribution is 6.42. The minimum atomic E-state index is 0.636. The van der Waals surface area contributed by atoms with Gasteiger partial charge in [-0.25, -0.2) is 0 Å². The lowest BCUT2D eigenvalue weighted by atomic mass is 9.83. The van der Waals surface area contributed by atoms with Crippen LogP contribution in [0, 0.1) is 5.92 Å². The lowest BCUT2D eigenvalue weighted by molar-refractivity contribution is 0.209. The monoisotopic (exact) mass is 267 g/mol. The van der Waals surface area contributed by atoms with Gasteiger partial charge < -0.3 is 0 Å². The van der Waals surface area contributed by atoms with Crippen molar-refractivity contribution in [2.75, 3.05) is 19.6 Å². The van der Waals surface area contributed by atoms with Crippen molar-refractivity contribution < 1.29 is 0 Å². The topological polar surface area (TPSA) is 3.24 Å². The Hall–Kier alpha value is -0.500. The first kappa shape index (κ1) is 11.6. The minimum Gasteiger partial charge on any atom is -0.299 e. The fourth-order valence-corrected chi connectivity index (χ4v) is 3.20. The van der Waals surface area contributed by atoms with Gasteiger partial charge in [0, 0.05) is 13.1 Å². The van der Waals surface area contributed by atoms with Crippen LogP contribution in [-0.2, 0) is 0 Å². The number of hydrogen-bond acceptors (Lipinski definition) is 1. The molecule has 0 aromatic heterocycles. The van der Waals surface area contributed by atoms with E-state index in [-0.39, 0.29) is 0 Å². The van der Waals surface area contributed by atoms with Crippen LogP contribution >= 0.6 is 23.2 Å². The maximum absolute atomic E-state index is 6.10. The van der Waals surface area contributed by atoms with Crippen LogP contribution in [-0.4, -0.2) is 24.5 Å². The molecule has 0 spiro atoms. The molecule has 17 heavy (non-hydrogen) atoms. The predicted molar refractivity (Wildman–Crippen MR) is 73.6 cm³/mol. The van der Waals surface area contributed by atoms with Crippen molar-refractivity contribution in [3.63, 3.8) is 0 Å². The van der Waals surface area contributed by atoms with E-state index in [1.54, 1.807) is 0 Å². The van der Waals surface area contributed by atoms with E-state index >= 15 is 0 Å². The van der Waals surface area contributed by atoms with Crippen molar-refractivity contribution in [2.45, 2.75) is 12.8 Å². The molecule has 2 heterocycles. The Morgan fingerprint density at radius 1 is 1.18 bits per heavy atom. The van der Waals surface area contributed by atoms with Gasteiger partial charge >= 0.3 is 0 Å². The van der Waals surface area contributed by atoms with E-state index in [9.17, 15) is 0 Å². The molecule has 90 valence electrons. The maximum atomic E-state index is 6.10. The zero-order valence-corrected chi connectivity index (χ0v) is 11.1. The number of nitrogens with zero attached hydrogens (tertiary/aromatic N) is 1. The van der Waals surface area contributed by atoms with Crippen molar-refractivity contribution in [1.82, 2.24) is 4.90 Å². The molecule has 3 rings (SSSR count). The number of hydrogen-bond donors (Lipinski definition) is 0. The number of benzene rings is 1. The second kappa shape index (κ2) is 4.64. The Balaban J connectivity index is 1.95. The van der Waals surface area contributed by atoms with Crippen LogP contribution < -0.4 is 0 Å². The second-order valence-electron chi connectivity index (χ2n) is 4.89. The highest BCUT2D eigenvalue weighted by Crippen LogP contribution is 2.36. The van der Waals surface area contributed by atoms with Crippen molar-refractivity contribution in [3.05, 3.63) is 39.9 Å². The number of rotatable bonds is 1. The van der Waals surface area contributed by atoms with Gasteiger partial charge in [-0.1, -0.05) is 35.3 Å². The first-order chi connectivity index (χ1) is 8.24. The van der Waals surface area contributed by atoms with Crippen LogP contribution in [0.3, 0.4) is 0 Å². The number of fused-ring (bicyclic) bond motifs is 2. The third kappa shape index (κ3) is 2.24. The summed E-state index contributed by atoms with van der Waals surface area (Å²) < 4.78 is 0. The quantitative estimate of drug-likeness (QED) is 0.741. The summed E-state index contributed by atoms with van der Waals surface area (Å²) >= 11 is 12.1. The van der Waals surface area contributed by atoms with Crippen LogP contribution in [0.5, 0.6) is 0 Å². The standard InChI is InChI=1S/C14H15Cl2N/c15-13-4-3-10(8-14(13)16)12-5-7-17-6-1-2-11(12)9-17/h3-5,8,11H,1-2,6-7,9H2. The molecular formula is C14H15Cl2N. The molecule has 0 amide bonds. The summed E-state index contributed by atoms with van der Waals surface area (Å²) in [6.45, 7) is 3.53. The van der Waals surface area contributed by atoms with Crippen molar-refractivity contribution in [1.29, 1.82) is 0 Å². The van der Waals surface area contributed by atoms with Gasteiger partial charge in [0.05, 0.1) is 10.0 Å². The fourth-order valence-electron chi connectivity index (χ4n) is 2.90. The SMILES string of the molecule is Clc1ccc(C2=CCN3CCCC2C3)cc1Cl. The Bertz CT molecular complexity index is 467. The van der Waals surface area contributed by atoms with Gasteiger partial charge in [0.1, 0.15) is 0 Å². The zero-order valence-electron chi connectivity index (χ0n) is 9.63. The van der Waals surface area contributed by atoms with Gasteiger partial charge in [0.15, 0.2) is 0 Å². The van der Waals surface area contributed by atoms with Gasteiger partial charge in [-0.15, -0.1) is 0 Å². The highest BCUT2D eigenvalue weighted by atomic mass is 35.5. The van der Waals surface area contributed by atoms with E-state index in [0.29, 0.717) is 16.0 Å². The van der Waals surface area contributed by atoms with Crippen molar-refractivity contribution in [3.8, 4) is 0 Å². The first-order valence-electron chi connectivity index (χ1n) is 6.12. The summed E-state index contributed by atoms with van der Waals surface area (Å²) in [4.78, 5) is 2.52. The maximum Gasteiger partial charge on any atom is 0.0598 e. The summed E-state index contributed by atoms with van der Waals surface area (Å²) in [5.74, 6) is 0.676. The lowest BCUT2D eigenvalue weighted by Crippen LogP contribution is -2.39. The van der Waals surface area contributed by atoms with Crippen LogP contribution in [0.25, 0.3) is 5.57 Å². The van der Waals surface area contributed by atoms with Crippen molar-refractivity contribution >= 4 is 28.8 Å². The molecule has 0 aliphatic carbocycles. The molecule has 0 saturated carbocycles. The molecule has 2 aliphatic rings. The van der Waals surface area contributed by atoms with Crippen LogP contribution in [0.2, 0.25) is 10.0 Å².